The van der Waals surface area contributed by atoms with E-state index in [-0.39, 0.29) is 11.8 Å². The molecule has 10 rings (SSSR count). The first-order valence-corrected chi connectivity index (χ1v) is 20.5. The summed E-state index contributed by atoms with van der Waals surface area (Å²) in [6.07, 6.45) is 1.84. The number of pyridine rings is 1. The van der Waals surface area contributed by atoms with E-state index in [2.05, 4.69) is 188 Å². The van der Waals surface area contributed by atoms with Crippen LogP contribution >= 0.6 is 0 Å². The van der Waals surface area contributed by atoms with Crippen LogP contribution in [0.15, 0.2) is 182 Å². The number of nitrogens with zero attached hydrogens (tertiary/aromatic N) is 4. The normalized spacial score (nSPS) is 11.7. The van der Waals surface area contributed by atoms with Crippen LogP contribution in [0.5, 0.6) is 11.5 Å². The zero-order valence-electron chi connectivity index (χ0n) is 33.7. The van der Waals surface area contributed by atoms with Crippen molar-refractivity contribution in [3.05, 3.63) is 193 Å². The maximum absolute atomic E-state index is 6.71. The summed E-state index contributed by atoms with van der Waals surface area (Å²) in [5.74, 6) is 3.75. The summed E-state index contributed by atoms with van der Waals surface area (Å²) < 4.78 is 11.3. The van der Waals surface area contributed by atoms with Gasteiger partial charge in [0.05, 0.1) is 27.8 Å². The third kappa shape index (κ3) is 6.55. The van der Waals surface area contributed by atoms with Gasteiger partial charge in [0.15, 0.2) is 0 Å². The molecule has 0 radical (unpaired) electrons. The predicted octanol–water partition coefficient (Wildman–Crippen LogP) is 14.6. The molecule has 0 unspecified atom stereocenters. The maximum atomic E-state index is 6.71. The number of imidazole rings is 1. The second-order valence-corrected chi connectivity index (χ2v) is 15.9. The summed E-state index contributed by atoms with van der Waals surface area (Å²) in [4.78, 5) is 10.0. The second-order valence-electron chi connectivity index (χ2n) is 15.9. The van der Waals surface area contributed by atoms with Gasteiger partial charge >= 0.3 is 0 Å². The van der Waals surface area contributed by atoms with Gasteiger partial charge in [-0.1, -0.05) is 131 Å². The Balaban J connectivity index is 1.08. The molecule has 0 fully saturated rings. The third-order valence-electron chi connectivity index (χ3n) is 11.4. The van der Waals surface area contributed by atoms with Gasteiger partial charge in [-0.2, -0.15) is 0 Å². The zero-order chi connectivity index (χ0) is 40.0. The number of benzene rings is 7. The molecule has 0 aliphatic heterocycles. The Morgan fingerprint density at radius 1 is 0.441 bits per heavy atom. The first-order chi connectivity index (χ1) is 28.9. The molecule has 0 aliphatic carbocycles. The standard InChI is InChI=1S/C54H44N4O/c1-35(2)46-32-41(39-26-24-38(25-27-39)37-15-6-5-7-16-37)33-47(36(3)4)53(46)58-50-22-11-9-20-48(50)56-54(58)40-17-14-18-42(31-40)59-43-28-29-45-44-19-8-10-21-49(44)57(51(45)34-43)52-23-12-13-30-55-52/h5-36H,1-4H3. The molecule has 0 saturated heterocycles. The lowest BCUT2D eigenvalue weighted by atomic mass is 9.87. The van der Waals surface area contributed by atoms with Crippen LogP contribution in [0.1, 0.15) is 50.7 Å². The molecular weight excluding hydrogens is 721 g/mol. The van der Waals surface area contributed by atoms with Crippen molar-refractivity contribution in [2.75, 3.05) is 0 Å². The highest BCUT2D eigenvalue weighted by atomic mass is 16.5. The zero-order valence-corrected chi connectivity index (χ0v) is 33.7. The minimum Gasteiger partial charge on any atom is -0.457 e. The van der Waals surface area contributed by atoms with E-state index in [9.17, 15) is 0 Å². The highest BCUT2D eigenvalue weighted by Crippen LogP contribution is 2.41. The van der Waals surface area contributed by atoms with Gasteiger partial charge in [0.2, 0.25) is 0 Å². The third-order valence-corrected chi connectivity index (χ3v) is 11.4. The molecule has 7 aromatic carbocycles. The molecule has 0 aliphatic rings. The lowest BCUT2D eigenvalue weighted by Gasteiger charge is -2.24. The predicted molar refractivity (Wildman–Crippen MR) is 244 cm³/mol. The number of hydrogen-bond donors (Lipinski definition) is 0. The molecule has 0 saturated carbocycles. The van der Waals surface area contributed by atoms with E-state index < -0.39 is 0 Å². The fraction of sp³-hybridized carbons (Fsp3) is 0.111. The van der Waals surface area contributed by atoms with Gasteiger partial charge in [-0.05, 0) is 112 Å². The van der Waals surface area contributed by atoms with Gasteiger partial charge < -0.3 is 4.74 Å². The van der Waals surface area contributed by atoms with Crippen molar-refractivity contribution in [2.45, 2.75) is 39.5 Å². The SMILES string of the molecule is CC(C)c1cc(-c2ccc(-c3ccccc3)cc2)cc(C(C)C)c1-n1c(-c2cccc(Oc3ccc4c5ccccc5n(-c5ccccn5)c4c3)c2)nc2ccccc21. The first-order valence-electron chi connectivity index (χ1n) is 20.5. The van der Waals surface area contributed by atoms with Crippen LogP contribution in [0.3, 0.4) is 0 Å². The van der Waals surface area contributed by atoms with Crippen molar-refractivity contribution in [2.24, 2.45) is 0 Å². The van der Waals surface area contributed by atoms with E-state index in [4.69, 9.17) is 14.7 Å². The monoisotopic (exact) mass is 764 g/mol. The van der Waals surface area contributed by atoms with Gasteiger partial charge in [-0.25, -0.2) is 9.97 Å². The fourth-order valence-electron chi connectivity index (χ4n) is 8.50. The molecule has 3 heterocycles. The Morgan fingerprint density at radius 2 is 1.05 bits per heavy atom. The van der Waals surface area contributed by atoms with Crippen molar-refractivity contribution in [3.63, 3.8) is 0 Å². The summed E-state index contributed by atoms with van der Waals surface area (Å²) in [5, 5.41) is 2.33. The van der Waals surface area contributed by atoms with Crippen LogP contribution in [-0.4, -0.2) is 19.1 Å². The summed E-state index contributed by atoms with van der Waals surface area (Å²) in [5.41, 5.74) is 13.8. The molecule has 0 N–H and O–H groups in total. The molecule has 5 nitrogen and oxygen atoms in total. The quantitative estimate of drug-likeness (QED) is 0.147. The Hall–Kier alpha value is -7.24. The number of hydrogen-bond acceptors (Lipinski definition) is 3. The molecular formula is C54H44N4O. The van der Waals surface area contributed by atoms with Gasteiger partial charge in [-0.15, -0.1) is 0 Å². The van der Waals surface area contributed by atoms with E-state index in [1.165, 1.54) is 44.5 Å². The molecule has 286 valence electrons. The summed E-state index contributed by atoms with van der Waals surface area (Å²) in [6.45, 7) is 9.18. The molecule has 10 aromatic rings. The topological polar surface area (TPSA) is 44.9 Å². The molecule has 0 bridgehead atoms. The van der Waals surface area contributed by atoms with Crippen molar-refractivity contribution in [3.8, 4) is 56.6 Å². The largest absolute Gasteiger partial charge is 0.457 e. The fourth-order valence-corrected chi connectivity index (χ4v) is 8.50. The van der Waals surface area contributed by atoms with E-state index in [0.29, 0.717) is 0 Å². The van der Waals surface area contributed by atoms with Crippen LogP contribution < -0.4 is 4.74 Å². The Kier molecular flexibility index (Phi) is 9.14. The van der Waals surface area contributed by atoms with Gasteiger partial charge in [0.1, 0.15) is 23.1 Å². The van der Waals surface area contributed by atoms with Crippen molar-refractivity contribution in [1.29, 1.82) is 0 Å². The summed E-state index contributed by atoms with van der Waals surface area (Å²) >= 11 is 0. The van der Waals surface area contributed by atoms with Crippen molar-refractivity contribution >= 4 is 32.8 Å². The smallest absolute Gasteiger partial charge is 0.145 e. The molecule has 0 amide bonds. The lowest BCUT2D eigenvalue weighted by molar-refractivity contribution is 0.483. The minimum atomic E-state index is 0.256. The minimum absolute atomic E-state index is 0.256. The van der Waals surface area contributed by atoms with Crippen molar-refractivity contribution < 1.29 is 4.74 Å². The second kappa shape index (κ2) is 14.9. The first kappa shape index (κ1) is 36.1. The van der Waals surface area contributed by atoms with Crippen LogP contribution in [0.4, 0.5) is 0 Å². The number of para-hydroxylation sites is 3. The van der Waals surface area contributed by atoms with Crippen LogP contribution in [0.2, 0.25) is 0 Å². The highest BCUT2D eigenvalue weighted by Gasteiger charge is 2.24. The van der Waals surface area contributed by atoms with E-state index >= 15 is 0 Å². The average Bonchev–Trinajstić information content (AvgIpc) is 3.82. The highest BCUT2D eigenvalue weighted by molar-refractivity contribution is 6.09. The maximum Gasteiger partial charge on any atom is 0.145 e. The van der Waals surface area contributed by atoms with Gasteiger partial charge in [-0.3, -0.25) is 9.13 Å². The van der Waals surface area contributed by atoms with Gasteiger partial charge in [0.25, 0.3) is 0 Å². The number of fused-ring (bicyclic) bond motifs is 4. The van der Waals surface area contributed by atoms with E-state index in [1.54, 1.807) is 0 Å². The van der Waals surface area contributed by atoms with Crippen molar-refractivity contribution in [1.82, 2.24) is 19.1 Å². The molecule has 3 aromatic heterocycles. The average molecular weight is 765 g/mol. The summed E-state index contributed by atoms with van der Waals surface area (Å²) in [7, 11) is 0. The molecule has 0 atom stereocenters. The Bertz CT molecular complexity index is 3090. The molecule has 59 heavy (non-hydrogen) atoms. The number of aromatic nitrogens is 4. The Morgan fingerprint density at radius 3 is 1.78 bits per heavy atom. The van der Waals surface area contributed by atoms with Crippen LogP contribution in [0, 0.1) is 0 Å². The van der Waals surface area contributed by atoms with E-state index in [0.717, 1.165) is 56.2 Å². The van der Waals surface area contributed by atoms with Gasteiger partial charge in [0, 0.05) is 28.6 Å². The van der Waals surface area contributed by atoms with Crippen LogP contribution in [0.25, 0.3) is 78.0 Å². The molecule has 5 heteroatoms. The Labute approximate surface area is 344 Å². The van der Waals surface area contributed by atoms with E-state index in [1.807, 2.05) is 30.5 Å². The number of ether oxygens (including phenoxy) is 1. The van der Waals surface area contributed by atoms with Crippen LogP contribution in [-0.2, 0) is 0 Å². The lowest BCUT2D eigenvalue weighted by Crippen LogP contribution is -2.09. The number of rotatable bonds is 9. The molecule has 0 spiro atoms. The summed E-state index contributed by atoms with van der Waals surface area (Å²) in [6, 6.07) is 61.9.